The number of hydrogen-bond acceptors (Lipinski definition) is 4. The van der Waals surface area contributed by atoms with E-state index in [0.29, 0.717) is 11.8 Å². The first-order valence-corrected chi connectivity index (χ1v) is 10.3. The molecule has 2 aromatic rings. The van der Waals surface area contributed by atoms with Gasteiger partial charge in [-0.25, -0.2) is 0 Å². The van der Waals surface area contributed by atoms with Crippen molar-refractivity contribution in [2.75, 3.05) is 13.2 Å². The van der Waals surface area contributed by atoms with Gasteiger partial charge in [-0.2, -0.15) is 0 Å². The van der Waals surface area contributed by atoms with Crippen LogP contribution in [0.1, 0.15) is 50.9 Å². The maximum absolute atomic E-state index is 9.94. The Hall–Kier alpha value is -1.72. The lowest BCUT2D eigenvalue weighted by Gasteiger charge is -2.37. The normalized spacial score (nSPS) is 16.1. The third-order valence-corrected chi connectivity index (χ3v) is 5.44. The van der Waals surface area contributed by atoms with Crippen LogP contribution in [-0.2, 0) is 0 Å². The van der Waals surface area contributed by atoms with Crippen LogP contribution in [0, 0.1) is 11.8 Å². The molecule has 4 nitrogen and oxygen atoms in total. The van der Waals surface area contributed by atoms with E-state index in [1.165, 1.54) is 0 Å². The highest BCUT2D eigenvalue weighted by molar-refractivity contribution is 5.28. The smallest absolute Gasteiger partial charge is 0.0587 e. The van der Waals surface area contributed by atoms with E-state index in [1.807, 2.05) is 36.4 Å². The van der Waals surface area contributed by atoms with Crippen LogP contribution in [-0.4, -0.2) is 35.5 Å². The Morgan fingerprint density at radius 3 is 1.18 bits per heavy atom. The van der Waals surface area contributed by atoms with Gasteiger partial charge in [0, 0.05) is 12.1 Å². The van der Waals surface area contributed by atoms with Crippen molar-refractivity contribution in [1.29, 1.82) is 0 Å². The second-order valence-corrected chi connectivity index (χ2v) is 8.18. The number of nitrogens with one attached hydrogen (secondary N) is 2. The first-order valence-electron chi connectivity index (χ1n) is 10.3. The fourth-order valence-electron chi connectivity index (χ4n) is 3.46. The number of rotatable bonds is 11. The van der Waals surface area contributed by atoms with E-state index in [-0.39, 0.29) is 37.4 Å². The summed E-state index contributed by atoms with van der Waals surface area (Å²) >= 11 is 0. The summed E-state index contributed by atoms with van der Waals surface area (Å²) < 4.78 is 0. The lowest BCUT2D eigenvalue weighted by atomic mass is 9.89. The van der Waals surface area contributed by atoms with Crippen molar-refractivity contribution in [3.05, 3.63) is 71.8 Å². The molecule has 28 heavy (non-hydrogen) atoms. The molecule has 0 amide bonds. The lowest BCUT2D eigenvalue weighted by Crippen LogP contribution is -2.48. The minimum Gasteiger partial charge on any atom is -0.395 e. The Kier molecular flexibility index (Phi) is 9.13. The van der Waals surface area contributed by atoms with Crippen LogP contribution in [0.15, 0.2) is 60.7 Å². The van der Waals surface area contributed by atoms with E-state index in [2.05, 4.69) is 62.6 Å². The number of aliphatic hydroxyl groups excluding tert-OH is 2. The van der Waals surface area contributed by atoms with Gasteiger partial charge in [-0.15, -0.1) is 0 Å². The average molecular weight is 385 g/mol. The van der Waals surface area contributed by atoms with Gasteiger partial charge in [-0.05, 0) is 23.0 Å². The van der Waals surface area contributed by atoms with Crippen LogP contribution >= 0.6 is 0 Å². The Morgan fingerprint density at radius 1 is 0.607 bits per heavy atom. The molecule has 4 atom stereocenters. The first kappa shape index (κ1) is 22.6. The van der Waals surface area contributed by atoms with Gasteiger partial charge < -0.3 is 20.8 Å². The third-order valence-electron chi connectivity index (χ3n) is 5.44. The van der Waals surface area contributed by atoms with Crippen LogP contribution in [0.4, 0.5) is 0 Å². The van der Waals surface area contributed by atoms with E-state index in [1.54, 1.807) is 0 Å². The van der Waals surface area contributed by atoms with Crippen molar-refractivity contribution >= 4 is 0 Å². The molecule has 4 heteroatoms. The van der Waals surface area contributed by atoms with E-state index >= 15 is 0 Å². The van der Waals surface area contributed by atoms with Crippen molar-refractivity contribution in [2.24, 2.45) is 11.8 Å². The molecule has 2 rings (SSSR count). The zero-order valence-corrected chi connectivity index (χ0v) is 17.5. The quantitative estimate of drug-likeness (QED) is 0.477. The lowest BCUT2D eigenvalue weighted by molar-refractivity contribution is 0.165. The molecule has 0 aliphatic heterocycles. The Labute approximate surface area is 170 Å². The maximum atomic E-state index is 9.94. The molecule has 0 bridgehead atoms. The zero-order valence-electron chi connectivity index (χ0n) is 17.5. The van der Waals surface area contributed by atoms with Gasteiger partial charge in [0.25, 0.3) is 0 Å². The van der Waals surface area contributed by atoms with Crippen molar-refractivity contribution in [1.82, 2.24) is 10.6 Å². The van der Waals surface area contributed by atoms with Crippen LogP contribution in [0.2, 0.25) is 0 Å². The van der Waals surface area contributed by atoms with Crippen molar-refractivity contribution in [2.45, 2.75) is 51.9 Å². The van der Waals surface area contributed by atoms with Crippen molar-refractivity contribution in [3.8, 4) is 0 Å². The molecule has 0 aliphatic carbocycles. The molecule has 2 aromatic carbocycles. The summed E-state index contributed by atoms with van der Waals surface area (Å²) in [6.07, 6.45) is 0. The number of hydrogen-bond donors (Lipinski definition) is 4. The highest BCUT2D eigenvalue weighted by atomic mass is 16.3. The van der Waals surface area contributed by atoms with Gasteiger partial charge in [0.05, 0.1) is 25.3 Å². The fraction of sp³-hybridized carbons (Fsp3) is 0.500. The van der Waals surface area contributed by atoms with Crippen LogP contribution in [0.25, 0.3) is 0 Å². The number of benzene rings is 2. The zero-order chi connectivity index (χ0) is 20.5. The summed E-state index contributed by atoms with van der Waals surface area (Å²) in [5.74, 6) is 0.595. The average Bonchev–Trinajstić information content (AvgIpc) is 2.71. The second kappa shape index (κ2) is 11.3. The van der Waals surface area contributed by atoms with E-state index in [0.717, 1.165) is 11.1 Å². The summed E-state index contributed by atoms with van der Waals surface area (Å²) in [5.41, 5.74) is 2.31. The summed E-state index contributed by atoms with van der Waals surface area (Å²) in [6, 6.07) is 20.5. The van der Waals surface area contributed by atoms with Crippen molar-refractivity contribution in [3.63, 3.8) is 0 Å². The molecule has 0 fully saturated rings. The molecule has 4 N–H and O–H groups in total. The molecular weight excluding hydrogens is 348 g/mol. The minimum absolute atomic E-state index is 0.0233. The third kappa shape index (κ3) is 6.14. The van der Waals surface area contributed by atoms with Gasteiger partial charge in [-0.1, -0.05) is 88.4 Å². The minimum atomic E-state index is -0.0454. The largest absolute Gasteiger partial charge is 0.395 e. The van der Waals surface area contributed by atoms with Gasteiger partial charge in [0.15, 0.2) is 0 Å². The van der Waals surface area contributed by atoms with Crippen LogP contribution in [0.3, 0.4) is 0 Å². The summed E-state index contributed by atoms with van der Waals surface area (Å²) in [5, 5.41) is 27.3. The van der Waals surface area contributed by atoms with E-state index in [4.69, 9.17) is 0 Å². The van der Waals surface area contributed by atoms with Gasteiger partial charge in [0.1, 0.15) is 0 Å². The molecule has 0 unspecified atom stereocenters. The molecule has 154 valence electrons. The molecule has 0 saturated heterocycles. The highest BCUT2D eigenvalue weighted by Crippen LogP contribution is 2.31. The first-order chi connectivity index (χ1) is 13.5. The molecular formula is C24H36N2O2. The van der Waals surface area contributed by atoms with E-state index in [9.17, 15) is 10.2 Å². The summed E-state index contributed by atoms with van der Waals surface area (Å²) in [4.78, 5) is 0. The summed E-state index contributed by atoms with van der Waals surface area (Å²) in [7, 11) is 0. The monoisotopic (exact) mass is 384 g/mol. The highest BCUT2D eigenvalue weighted by Gasteiger charge is 2.30. The van der Waals surface area contributed by atoms with Crippen LogP contribution < -0.4 is 10.6 Å². The number of aliphatic hydroxyl groups is 2. The molecule has 0 saturated carbocycles. The standard InChI is InChI=1S/C24H36N2O2/c1-17(2)21(15-27)25-23(19-11-7-5-8-12-19)24(20-13-9-6-10-14-20)26-22(16-28)18(3)4/h5-14,17-18,21-28H,15-16H2,1-4H3/t21-,22-,23-,24-/m1/s1. The Bertz CT molecular complexity index is 601. The van der Waals surface area contributed by atoms with Crippen LogP contribution in [0.5, 0.6) is 0 Å². The Balaban J connectivity index is 2.47. The molecule has 0 aromatic heterocycles. The van der Waals surface area contributed by atoms with Gasteiger partial charge in [-0.3, -0.25) is 0 Å². The van der Waals surface area contributed by atoms with Gasteiger partial charge in [0.2, 0.25) is 0 Å². The molecule has 0 radical (unpaired) electrons. The SMILES string of the molecule is CC(C)[C@@H](CO)N[C@H](c1ccccc1)[C@H](N[C@H](CO)C(C)C)c1ccccc1. The van der Waals surface area contributed by atoms with Gasteiger partial charge >= 0.3 is 0 Å². The Morgan fingerprint density at radius 2 is 0.929 bits per heavy atom. The van der Waals surface area contributed by atoms with Crippen molar-refractivity contribution < 1.29 is 10.2 Å². The van der Waals surface area contributed by atoms with E-state index < -0.39 is 0 Å². The summed E-state index contributed by atoms with van der Waals surface area (Å²) in [6.45, 7) is 8.63. The molecule has 0 spiro atoms. The second-order valence-electron chi connectivity index (χ2n) is 8.18. The predicted octanol–water partition coefficient (Wildman–Crippen LogP) is 3.68. The maximum Gasteiger partial charge on any atom is 0.0587 e. The topological polar surface area (TPSA) is 64.5 Å². The molecule has 0 heterocycles. The fourth-order valence-corrected chi connectivity index (χ4v) is 3.46. The molecule has 0 aliphatic rings. The predicted molar refractivity (Wildman–Crippen MR) is 116 cm³/mol.